The minimum Gasteiger partial charge on any atom is -0.462 e. The molecule has 4 unspecified atom stereocenters. The molecule has 2 fully saturated rings. The van der Waals surface area contributed by atoms with Crippen LogP contribution in [-0.4, -0.2) is 29.9 Å². The van der Waals surface area contributed by atoms with Crippen LogP contribution in [0, 0.1) is 11.8 Å². The Balaban J connectivity index is 1.59. The van der Waals surface area contributed by atoms with Crippen LogP contribution >= 0.6 is 0 Å². The van der Waals surface area contributed by atoms with Gasteiger partial charge in [0.25, 0.3) is 0 Å². The first kappa shape index (κ1) is 22.0. The highest BCUT2D eigenvalue weighted by Crippen LogP contribution is 2.43. The van der Waals surface area contributed by atoms with Gasteiger partial charge in [-0.1, -0.05) is 35.9 Å². The number of carbonyl (C=O) groups is 3. The zero-order valence-corrected chi connectivity index (χ0v) is 17.7. The van der Waals surface area contributed by atoms with Gasteiger partial charge >= 0.3 is 11.9 Å². The molecule has 0 N–H and O–H groups in total. The van der Waals surface area contributed by atoms with Gasteiger partial charge in [0.2, 0.25) is 0 Å². The van der Waals surface area contributed by atoms with Gasteiger partial charge in [0.05, 0.1) is 12.0 Å². The molecule has 0 radical (unpaired) electrons. The van der Waals surface area contributed by atoms with E-state index in [0.29, 0.717) is 24.8 Å². The van der Waals surface area contributed by atoms with Crippen molar-refractivity contribution in [3.8, 4) is 0 Å². The molecule has 4 atom stereocenters. The van der Waals surface area contributed by atoms with Gasteiger partial charge in [0.1, 0.15) is 12.2 Å². The first-order valence-corrected chi connectivity index (χ1v) is 10.7. The molecule has 0 spiro atoms. The fourth-order valence-corrected chi connectivity index (χ4v) is 4.21. The molecule has 5 nitrogen and oxygen atoms in total. The van der Waals surface area contributed by atoms with E-state index < -0.39 is 12.1 Å². The smallest absolute Gasteiger partial charge is 0.338 e. The van der Waals surface area contributed by atoms with Crippen molar-refractivity contribution in [2.24, 2.45) is 11.8 Å². The van der Waals surface area contributed by atoms with E-state index in [2.05, 4.69) is 19.9 Å². The standard InChI is InChI=1S/C25H30O5/c1-17(2)9-5-3-8-12-19(26)13-14-20-21-15-24(27)29-23(21)16-22(20)30-25(28)18-10-6-4-7-11-18/h4,6-7,9-11,13-14,20-23H,3,5,8,12,15-16H2,1-2H3/b14-13+. The van der Waals surface area contributed by atoms with Crippen molar-refractivity contribution in [3.63, 3.8) is 0 Å². The number of fused-ring (bicyclic) bond motifs is 1. The van der Waals surface area contributed by atoms with Crippen LogP contribution in [0.1, 0.15) is 62.7 Å². The minimum absolute atomic E-state index is 0.0483. The number of rotatable bonds is 9. The maximum absolute atomic E-state index is 12.5. The normalized spacial score (nSPS) is 25.1. The minimum atomic E-state index is -0.400. The summed E-state index contributed by atoms with van der Waals surface area (Å²) >= 11 is 0. The number of carbonyl (C=O) groups excluding carboxylic acids is 3. The topological polar surface area (TPSA) is 69.7 Å². The molecule has 160 valence electrons. The highest BCUT2D eigenvalue weighted by Gasteiger charge is 2.50. The number of allylic oxidation sites excluding steroid dienone is 3. The first-order chi connectivity index (χ1) is 14.4. The van der Waals surface area contributed by atoms with Crippen molar-refractivity contribution in [1.29, 1.82) is 0 Å². The fraction of sp³-hybridized carbons (Fsp3) is 0.480. The van der Waals surface area contributed by atoms with Crippen molar-refractivity contribution in [2.45, 2.75) is 64.6 Å². The number of hydrogen-bond acceptors (Lipinski definition) is 5. The average molecular weight is 411 g/mol. The van der Waals surface area contributed by atoms with Gasteiger partial charge in [0.15, 0.2) is 5.78 Å². The van der Waals surface area contributed by atoms with E-state index in [9.17, 15) is 14.4 Å². The van der Waals surface area contributed by atoms with Crippen LogP contribution in [0.3, 0.4) is 0 Å². The van der Waals surface area contributed by atoms with Crippen molar-refractivity contribution < 1.29 is 23.9 Å². The summed E-state index contributed by atoms with van der Waals surface area (Å²) in [6.07, 6.45) is 9.05. The van der Waals surface area contributed by atoms with E-state index in [1.807, 2.05) is 12.1 Å². The molecule has 3 rings (SSSR count). The Bertz CT molecular complexity index is 819. The lowest BCUT2D eigenvalue weighted by molar-refractivity contribution is -0.141. The number of esters is 2. The number of ketones is 1. The van der Waals surface area contributed by atoms with E-state index in [0.717, 1.165) is 19.3 Å². The monoisotopic (exact) mass is 410 g/mol. The van der Waals surface area contributed by atoms with Crippen LogP contribution in [0.2, 0.25) is 0 Å². The summed E-state index contributed by atoms with van der Waals surface area (Å²) < 4.78 is 11.1. The van der Waals surface area contributed by atoms with E-state index in [1.54, 1.807) is 30.3 Å². The third kappa shape index (κ3) is 5.91. The number of benzene rings is 1. The fourth-order valence-electron chi connectivity index (χ4n) is 4.21. The van der Waals surface area contributed by atoms with Gasteiger partial charge in [0, 0.05) is 24.7 Å². The second-order valence-electron chi connectivity index (χ2n) is 8.37. The third-order valence-electron chi connectivity index (χ3n) is 5.75. The average Bonchev–Trinajstić information content (AvgIpc) is 3.22. The zero-order chi connectivity index (χ0) is 21.5. The van der Waals surface area contributed by atoms with E-state index in [1.165, 1.54) is 5.57 Å². The largest absolute Gasteiger partial charge is 0.462 e. The van der Waals surface area contributed by atoms with Crippen molar-refractivity contribution >= 4 is 17.7 Å². The lowest BCUT2D eigenvalue weighted by atomic mass is 9.91. The highest BCUT2D eigenvalue weighted by atomic mass is 16.6. The summed E-state index contributed by atoms with van der Waals surface area (Å²) in [6.45, 7) is 4.14. The predicted molar refractivity (Wildman–Crippen MR) is 114 cm³/mol. The molecule has 0 bridgehead atoms. The van der Waals surface area contributed by atoms with Gasteiger partial charge in [-0.3, -0.25) is 9.59 Å². The Morgan fingerprint density at radius 3 is 2.67 bits per heavy atom. The molecule has 1 aromatic rings. The number of ether oxygens (including phenoxy) is 2. The Kier molecular flexibility index (Phi) is 7.61. The molecule has 1 aliphatic heterocycles. The summed E-state index contributed by atoms with van der Waals surface area (Å²) in [6, 6.07) is 8.83. The van der Waals surface area contributed by atoms with Crippen molar-refractivity contribution in [3.05, 3.63) is 59.7 Å². The van der Waals surface area contributed by atoms with E-state index in [4.69, 9.17) is 9.47 Å². The molecule has 1 saturated heterocycles. The molecule has 1 saturated carbocycles. The summed E-state index contributed by atoms with van der Waals surface area (Å²) in [5, 5.41) is 0. The second kappa shape index (κ2) is 10.4. The van der Waals surface area contributed by atoms with Crippen LogP contribution < -0.4 is 0 Å². The summed E-state index contributed by atoms with van der Waals surface area (Å²) in [7, 11) is 0. The summed E-state index contributed by atoms with van der Waals surface area (Å²) in [5.74, 6) is -0.789. The quantitative estimate of drug-likeness (QED) is 0.253. The molecule has 1 heterocycles. The number of hydrogen-bond donors (Lipinski definition) is 0. The summed E-state index contributed by atoms with van der Waals surface area (Å²) in [5.41, 5.74) is 1.78. The predicted octanol–water partition coefficient (Wildman–Crippen LogP) is 4.82. The maximum atomic E-state index is 12.5. The Hall–Kier alpha value is -2.69. The van der Waals surface area contributed by atoms with Crippen LogP contribution in [0.5, 0.6) is 0 Å². The lowest BCUT2D eigenvalue weighted by Gasteiger charge is -2.20. The van der Waals surface area contributed by atoms with E-state index in [-0.39, 0.29) is 29.7 Å². The van der Waals surface area contributed by atoms with Crippen LogP contribution in [-0.2, 0) is 19.1 Å². The molecule has 0 amide bonds. The van der Waals surface area contributed by atoms with Crippen molar-refractivity contribution in [2.75, 3.05) is 0 Å². The molecule has 2 aliphatic rings. The van der Waals surface area contributed by atoms with Crippen molar-refractivity contribution in [1.82, 2.24) is 0 Å². The lowest BCUT2D eigenvalue weighted by Crippen LogP contribution is -2.24. The molecule has 30 heavy (non-hydrogen) atoms. The van der Waals surface area contributed by atoms with Gasteiger partial charge in [-0.25, -0.2) is 4.79 Å². The highest BCUT2D eigenvalue weighted by molar-refractivity contribution is 5.90. The first-order valence-electron chi connectivity index (χ1n) is 10.7. The zero-order valence-electron chi connectivity index (χ0n) is 17.7. The van der Waals surface area contributed by atoms with Gasteiger partial charge in [-0.2, -0.15) is 0 Å². The molecular weight excluding hydrogens is 380 g/mol. The number of unbranched alkanes of at least 4 members (excludes halogenated alkanes) is 2. The molecule has 1 aromatic carbocycles. The van der Waals surface area contributed by atoms with Crippen LogP contribution in [0.4, 0.5) is 0 Å². The van der Waals surface area contributed by atoms with Crippen LogP contribution in [0.15, 0.2) is 54.1 Å². The maximum Gasteiger partial charge on any atom is 0.338 e. The van der Waals surface area contributed by atoms with Gasteiger partial charge < -0.3 is 9.47 Å². The Morgan fingerprint density at radius 2 is 1.93 bits per heavy atom. The second-order valence-corrected chi connectivity index (χ2v) is 8.37. The molecular formula is C25H30O5. The Morgan fingerprint density at radius 1 is 1.17 bits per heavy atom. The molecule has 0 aromatic heterocycles. The molecule has 5 heteroatoms. The van der Waals surface area contributed by atoms with Gasteiger partial charge in [-0.15, -0.1) is 0 Å². The SMILES string of the molecule is CC(C)=CCCCCC(=O)/C=C/C1C(OC(=O)c2ccccc2)CC2OC(=O)CC21. The molecule has 1 aliphatic carbocycles. The van der Waals surface area contributed by atoms with E-state index >= 15 is 0 Å². The third-order valence-corrected chi connectivity index (χ3v) is 5.75. The van der Waals surface area contributed by atoms with Gasteiger partial charge in [-0.05, 0) is 51.3 Å². The summed E-state index contributed by atoms with van der Waals surface area (Å²) in [4.78, 5) is 36.5. The van der Waals surface area contributed by atoms with Crippen LogP contribution in [0.25, 0.3) is 0 Å². The Labute approximate surface area is 178 Å².